The topological polar surface area (TPSA) is 46.3 Å². The minimum atomic E-state index is -0.834. The minimum Gasteiger partial charge on any atom is -0.340 e. The number of nitrogens with zero attached hydrogens (tertiary/aromatic N) is 1. The largest absolute Gasteiger partial charge is 0.340 e. The average molecular weight is 256 g/mol. The van der Waals surface area contributed by atoms with Gasteiger partial charge in [0.05, 0.1) is 5.54 Å². The highest BCUT2D eigenvalue weighted by Crippen LogP contribution is 2.20. The summed E-state index contributed by atoms with van der Waals surface area (Å²) in [4.78, 5) is 13.8. The molecule has 0 aliphatic heterocycles. The van der Waals surface area contributed by atoms with Crippen LogP contribution in [-0.2, 0) is 11.3 Å². The maximum atomic E-state index is 12.1. The van der Waals surface area contributed by atoms with Crippen molar-refractivity contribution in [2.24, 2.45) is 5.73 Å². The first kappa shape index (κ1) is 13.6. The fourth-order valence-electron chi connectivity index (χ4n) is 2.25. The van der Waals surface area contributed by atoms with Gasteiger partial charge in [-0.3, -0.25) is 4.79 Å². The zero-order chi connectivity index (χ0) is 14.0. The van der Waals surface area contributed by atoms with E-state index in [9.17, 15) is 4.79 Å². The van der Waals surface area contributed by atoms with Crippen LogP contribution in [0.2, 0.25) is 0 Å². The quantitative estimate of drug-likeness (QED) is 0.917. The van der Waals surface area contributed by atoms with Gasteiger partial charge in [-0.05, 0) is 30.2 Å². The van der Waals surface area contributed by atoms with Gasteiger partial charge in [0.1, 0.15) is 0 Å². The molecular formula is C16H20N2O. The summed E-state index contributed by atoms with van der Waals surface area (Å²) in [5, 5.41) is 2.37. The minimum absolute atomic E-state index is 0.0552. The smallest absolute Gasteiger partial charge is 0.242 e. The fraction of sp³-hybridized carbons (Fsp3) is 0.312. The maximum Gasteiger partial charge on any atom is 0.242 e. The van der Waals surface area contributed by atoms with Crippen molar-refractivity contribution in [2.75, 3.05) is 7.05 Å². The summed E-state index contributed by atoms with van der Waals surface area (Å²) < 4.78 is 0. The van der Waals surface area contributed by atoms with E-state index in [0.29, 0.717) is 6.54 Å². The predicted molar refractivity (Wildman–Crippen MR) is 78.7 cm³/mol. The highest BCUT2D eigenvalue weighted by Gasteiger charge is 2.25. The molecule has 0 atom stereocenters. The summed E-state index contributed by atoms with van der Waals surface area (Å²) in [6.45, 7) is 4.03. The number of amides is 1. The number of likely N-dealkylation sites (N-methyl/N-ethyl adjacent to an activating group) is 1. The van der Waals surface area contributed by atoms with Crippen LogP contribution in [0, 0.1) is 0 Å². The predicted octanol–water partition coefficient (Wildman–Crippen LogP) is 2.54. The second kappa shape index (κ2) is 5.02. The lowest BCUT2D eigenvalue weighted by Gasteiger charge is -2.26. The van der Waals surface area contributed by atoms with Crippen molar-refractivity contribution in [3.63, 3.8) is 0 Å². The van der Waals surface area contributed by atoms with Gasteiger partial charge in [-0.2, -0.15) is 0 Å². The molecule has 0 unspecified atom stereocenters. The fourth-order valence-corrected chi connectivity index (χ4v) is 2.25. The molecule has 19 heavy (non-hydrogen) atoms. The lowest BCUT2D eigenvalue weighted by atomic mass is 10.0. The molecule has 2 N–H and O–H groups in total. The molecular weight excluding hydrogens is 236 g/mol. The maximum absolute atomic E-state index is 12.1. The second-order valence-electron chi connectivity index (χ2n) is 5.52. The third kappa shape index (κ3) is 2.93. The molecule has 2 aromatic rings. The van der Waals surface area contributed by atoms with Crippen LogP contribution in [-0.4, -0.2) is 23.4 Å². The van der Waals surface area contributed by atoms with Crippen LogP contribution in [0.1, 0.15) is 19.4 Å². The number of carbonyl (C=O) groups is 1. The van der Waals surface area contributed by atoms with Crippen LogP contribution >= 0.6 is 0 Å². The molecule has 0 aliphatic rings. The highest BCUT2D eigenvalue weighted by atomic mass is 16.2. The first-order valence-electron chi connectivity index (χ1n) is 6.40. The Morgan fingerprint density at radius 2 is 1.79 bits per heavy atom. The Kier molecular flexibility index (Phi) is 3.58. The van der Waals surface area contributed by atoms with Gasteiger partial charge < -0.3 is 10.6 Å². The summed E-state index contributed by atoms with van der Waals surface area (Å²) in [7, 11) is 1.79. The van der Waals surface area contributed by atoms with Gasteiger partial charge in [0.2, 0.25) is 5.91 Å². The molecule has 0 aromatic heterocycles. The number of nitrogens with two attached hydrogens (primary N) is 1. The normalized spacial score (nSPS) is 11.6. The van der Waals surface area contributed by atoms with Gasteiger partial charge in [-0.25, -0.2) is 0 Å². The summed E-state index contributed by atoms with van der Waals surface area (Å²) >= 11 is 0. The van der Waals surface area contributed by atoms with Crippen LogP contribution in [0.25, 0.3) is 10.8 Å². The summed E-state index contributed by atoms with van der Waals surface area (Å²) in [6, 6.07) is 14.3. The lowest BCUT2D eigenvalue weighted by Crippen LogP contribution is -2.49. The SMILES string of the molecule is CN(Cc1cccc2ccccc12)C(=O)C(C)(C)N. The van der Waals surface area contributed by atoms with Crippen molar-refractivity contribution < 1.29 is 4.79 Å². The molecule has 0 aliphatic carbocycles. The summed E-state index contributed by atoms with van der Waals surface area (Å²) in [5.74, 6) is -0.0552. The van der Waals surface area contributed by atoms with Crippen LogP contribution in [0.15, 0.2) is 42.5 Å². The van der Waals surface area contributed by atoms with Crippen molar-refractivity contribution >= 4 is 16.7 Å². The molecule has 1 amide bonds. The van der Waals surface area contributed by atoms with Crippen molar-refractivity contribution in [2.45, 2.75) is 25.9 Å². The monoisotopic (exact) mass is 256 g/mol. The summed E-state index contributed by atoms with van der Waals surface area (Å²) in [5.41, 5.74) is 6.16. The van der Waals surface area contributed by atoms with Crippen molar-refractivity contribution in [3.05, 3.63) is 48.0 Å². The molecule has 3 heteroatoms. The Labute approximate surface area is 114 Å². The Morgan fingerprint density at radius 3 is 2.47 bits per heavy atom. The Bertz CT molecular complexity index is 594. The Hall–Kier alpha value is -1.87. The van der Waals surface area contributed by atoms with Gasteiger partial charge in [0.15, 0.2) is 0 Å². The first-order valence-corrected chi connectivity index (χ1v) is 6.40. The number of fused-ring (bicyclic) bond motifs is 1. The molecule has 2 rings (SSSR count). The lowest BCUT2D eigenvalue weighted by molar-refractivity contribution is -0.134. The number of carbonyl (C=O) groups excluding carboxylic acids is 1. The van der Waals surface area contributed by atoms with E-state index in [1.807, 2.05) is 18.2 Å². The summed E-state index contributed by atoms with van der Waals surface area (Å²) in [6.07, 6.45) is 0. The van der Waals surface area contributed by atoms with Crippen molar-refractivity contribution in [1.82, 2.24) is 4.90 Å². The molecule has 0 spiro atoms. The third-order valence-electron chi connectivity index (χ3n) is 3.19. The van der Waals surface area contributed by atoms with Gasteiger partial charge in [-0.1, -0.05) is 42.5 Å². The molecule has 0 radical (unpaired) electrons. The zero-order valence-electron chi connectivity index (χ0n) is 11.7. The molecule has 0 saturated heterocycles. The van der Waals surface area contributed by atoms with Crippen LogP contribution < -0.4 is 5.73 Å². The van der Waals surface area contributed by atoms with E-state index in [0.717, 1.165) is 5.56 Å². The van der Waals surface area contributed by atoms with E-state index < -0.39 is 5.54 Å². The van der Waals surface area contributed by atoms with Gasteiger partial charge >= 0.3 is 0 Å². The standard InChI is InChI=1S/C16H20N2O/c1-16(2,17)15(19)18(3)11-13-9-6-8-12-7-4-5-10-14(12)13/h4-10H,11,17H2,1-3H3. The highest BCUT2D eigenvalue weighted by molar-refractivity contribution is 5.87. The zero-order valence-corrected chi connectivity index (χ0v) is 11.7. The molecule has 0 fully saturated rings. The van der Waals surface area contributed by atoms with Crippen molar-refractivity contribution in [1.29, 1.82) is 0 Å². The van der Waals surface area contributed by atoms with E-state index in [1.54, 1.807) is 25.8 Å². The Morgan fingerprint density at radius 1 is 1.16 bits per heavy atom. The molecule has 0 heterocycles. The molecule has 3 nitrogen and oxygen atoms in total. The van der Waals surface area contributed by atoms with Crippen LogP contribution in [0.4, 0.5) is 0 Å². The number of hydrogen-bond acceptors (Lipinski definition) is 2. The van der Waals surface area contributed by atoms with E-state index in [2.05, 4.69) is 24.3 Å². The van der Waals surface area contributed by atoms with Crippen molar-refractivity contribution in [3.8, 4) is 0 Å². The van der Waals surface area contributed by atoms with E-state index in [4.69, 9.17) is 5.73 Å². The first-order chi connectivity index (χ1) is 8.89. The number of benzene rings is 2. The number of hydrogen-bond donors (Lipinski definition) is 1. The molecule has 0 bridgehead atoms. The van der Waals surface area contributed by atoms with Gasteiger partial charge in [0.25, 0.3) is 0 Å². The van der Waals surface area contributed by atoms with Crippen LogP contribution in [0.5, 0.6) is 0 Å². The second-order valence-corrected chi connectivity index (χ2v) is 5.52. The third-order valence-corrected chi connectivity index (χ3v) is 3.19. The van der Waals surface area contributed by atoms with Crippen LogP contribution in [0.3, 0.4) is 0 Å². The molecule has 2 aromatic carbocycles. The average Bonchev–Trinajstić information content (AvgIpc) is 2.37. The molecule has 0 saturated carbocycles. The van der Waals surface area contributed by atoms with Gasteiger partial charge in [-0.15, -0.1) is 0 Å². The van der Waals surface area contributed by atoms with Gasteiger partial charge in [0, 0.05) is 13.6 Å². The van der Waals surface area contributed by atoms with E-state index >= 15 is 0 Å². The number of rotatable bonds is 3. The Balaban J connectivity index is 2.29. The molecule has 100 valence electrons. The van der Waals surface area contributed by atoms with E-state index in [-0.39, 0.29) is 5.91 Å². The van der Waals surface area contributed by atoms with E-state index in [1.165, 1.54) is 10.8 Å².